The number of alkyl carbamates (subject to hydrolysis) is 1. The lowest BCUT2D eigenvalue weighted by molar-refractivity contribution is 0.0516. The van der Waals surface area contributed by atoms with Gasteiger partial charge in [-0.3, -0.25) is 4.18 Å². The molecule has 0 saturated carbocycles. The van der Waals surface area contributed by atoms with E-state index < -0.39 is 21.8 Å². The Kier molecular flexibility index (Phi) is 8.34. The van der Waals surface area contributed by atoms with Crippen LogP contribution in [0.5, 0.6) is 0 Å². The van der Waals surface area contributed by atoms with Crippen molar-refractivity contribution in [3.63, 3.8) is 0 Å². The normalized spacial score (nSPS) is 12.0. The highest BCUT2D eigenvalue weighted by molar-refractivity contribution is 7.86. The van der Waals surface area contributed by atoms with Crippen LogP contribution in [-0.4, -0.2) is 46.5 Å². The van der Waals surface area contributed by atoms with Gasteiger partial charge in [0, 0.05) is 13.2 Å². The Hall–Kier alpha value is -1.64. The summed E-state index contributed by atoms with van der Waals surface area (Å²) in [7, 11) is -3.76. The third-order valence-corrected chi connectivity index (χ3v) is 4.24. The molecule has 1 amide bonds. The highest BCUT2D eigenvalue weighted by Crippen LogP contribution is 2.12. The fraction of sp³-hybridized carbons (Fsp3) is 0.588. The second kappa shape index (κ2) is 9.74. The number of benzene rings is 1. The molecule has 0 aliphatic carbocycles. The zero-order valence-corrected chi connectivity index (χ0v) is 16.0. The predicted octanol–water partition coefficient (Wildman–Crippen LogP) is 2.63. The largest absolute Gasteiger partial charge is 0.444 e. The Balaban J connectivity index is 2.12. The molecule has 1 rings (SSSR count). The summed E-state index contributed by atoms with van der Waals surface area (Å²) in [6.45, 7) is 8.14. The summed E-state index contributed by atoms with van der Waals surface area (Å²) < 4.78 is 39.1. The molecule has 1 aromatic carbocycles. The van der Waals surface area contributed by atoms with Crippen molar-refractivity contribution in [1.82, 2.24) is 5.32 Å². The zero-order chi connectivity index (χ0) is 18.9. The summed E-state index contributed by atoms with van der Waals surface area (Å²) in [4.78, 5) is 11.5. The van der Waals surface area contributed by atoms with Crippen LogP contribution in [-0.2, 0) is 23.8 Å². The Morgan fingerprint density at radius 1 is 1.08 bits per heavy atom. The molecule has 8 heteroatoms. The van der Waals surface area contributed by atoms with Gasteiger partial charge < -0.3 is 14.8 Å². The van der Waals surface area contributed by atoms with Gasteiger partial charge in [-0.15, -0.1) is 0 Å². The summed E-state index contributed by atoms with van der Waals surface area (Å²) in [5.41, 5.74) is 0.447. The van der Waals surface area contributed by atoms with Crippen LogP contribution in [0.3, 0.4) is 0 Å². The van der Waals surface area contributed by atoms with Gasteiger partial charge in [-0.2, -0.15) is 8.42 Å². The lowest BCUT2D eigenvalue weighted by Gasteiger charge is -2.19. The van der Waals surface area contributed by atoms with Crippen LogP contribution in [0, 0.1) is 6.92 Å². The smallest absolute Gasteiger partial charge is 0.407 e. The minimum Gasteiger partial charge on any atom is -0.444 e. The SMILES string of the molecule is Cc1ccc(S(=O)(=O)OCCOCCCNC(=O)OC(C)(C)C)cc1. The molecule has 142 valence electrons. The van der Waals surface area contributed by atoms with Crippen molar-refractivity contribution >= 4 is 16.2 Å². The monoisotopic (exact) mass is 373 g/mol. The number of carbonyl (C=O) groups excluding carboxylic acids is 1. The molecule has 0 aliphatic rings. The van der Waals surface area contributed by atoms with E-state index in [0.717, 1.165) is 5.56 Å². The fourth-order valence-corrected chi connectivity index (χ4v) is 2.65. The third kappa shape index (κ3) is 9.42. The molecule has 1 N–H and O–H groups in total. The summed E-state index contributed by atoms with van der Waals surface area (Å²) in [5.74, 6) is 0. The maximum Gasteiger partial charge on any atom is 0.407 e. The van der Waals surface area contributed by atoms with Crippen molar-refractivity contribution in [2.24, 2.45) is 0 Å². The Morgan fingerprint density at radius 3 is 2.32 bits per heavy atom. The minimum absolute atomic E-state index is 0.0598. The van der Waals surface area contributed by atoms with E-state index in [4.69, 9.17) is 13.7 Å². The molecule has 25 heavy (non-hydrogen) atoms. The highest BCUT2D eigenvalue weighted by atomic mass is 32.2. The summed E-state index contributed by atoms with van der Waals surface area (Å²) in [6, 6.07) is 6.44. The van der Waals surface area contributed by atoms with Crippen molar-refractivity contribution < 1.29 is 26.9 Å². The Bertz CT molecular complexity index is 634. The van der Waals surface area contributed by atoms with E-state index in [9.17, 15) is 13.2 Å². The van der Waals surface area contributed by atoms with Gasteiger partial charge in [0.25, 0.3) is 10.1 Å². The number of hydrogen-bond donors (Lipinski definition) is 1. The Labute approximate surface area is 149 Å². The number of hydrogen-bond acceptors (Lipinski definition) is 6. The van der Waals surface area contributed by atoms with Gasteiger partial charge >= 0.3 is 6.09 Å². The van der Waals surface area contributed by atoms with Crippen LogP contribution in [0.15, 0.2) is 29.2 Å². The molecule has 0 fully saturated rings. The van der Waals surface area contributed by atoms with Crippen molar-refractivity contribution in [2.75, 3.05) is 26.4 Å². The molecular weight excluding hydrogens is 346 g/mol. The lowest BCUT2D eigenvalue weighted by Crippen LogP contribution is -2.33. The summed E-state index contributed by atoms with van der Waals surface area (Å²) in [6.07, 6.45) is 0.115. The van der Waals surface area contributed by atoms with E-state index in [0.29, 0.717) is 19.6 Å². The molecule has 0 bridgehead atoms. The summed E-state index contributed by atoms with van der Waals surface area (Å²) >= 11 is 0. The number of rotatable bonds is 9. The van der Waals surface area contributed by atoms with Gasteiger partial charge in [0.15, 0.2) is 0 Å². The van der Waals surface area contributed by atoms with Crippen molar-refractivity contribution in [2.45, 2.75) is 44.6 Å². The van der Waals surface area contributed by atoms with Gasteiger partial charge in [0.1, 0.15) is 5.60 Å². The molecule has 0 heterocycles. The fourth-order valence-electron chi connectivity index (χ4n) is 1.76. The molecule has 0 aromatic heterocycles. The first-order valence-corrected chi connectivity index (χ1v) is 9.52. The van der Waals surface area contributed by atoms with Crippen LogP contribution in [0.1, 0.15) is 32.8 Å². The van der Waals surface area contributed by atoms with Crippen LogP contribution in [0.25, 0.3) is 0 Å². The van der Waals surface area contributed by atoms with Crippen LogP contribution >= 0.6 is 0 Å². The van der Waals surface area contributed by atoms with Gasteiger partial charge in [0.2, 0.25) is 0 Å². The number of carbonyl (C=O) groups is 1. The van der Waals surface area contributed by atoms with E-state index in [2.05, 4.69) is 5.32 Å². The van der Waals surface area contributed by atoms with Gasteiger partial charge in [-0.05, 0) is 46.2 Å². The second-order valence-corrected chi connectivity index (χ2v) is 8.10. The topological polar surface area (TPSA) is 90.9 Å². The van der Waals surface area contributed by atoms with Gasteiger partial charge in [0.05, 0.1) is 18.1 Å². The quantitative estimate of drug-likeness (QED) is 0.528. The van der Waals surface area contributed by atoms with E-state index in [1.807, 2.05) is 6.92 Å². The first-order valence-electron chi connectivity index (χ1n) is 8.11. The number of ether oxygens (including phenoxy) is 2. The van der Waals surface area contributed by atoms with E-state index in [1.165, 1.54) is 12.1 Å². The zero-order valence-electron chi connectivity index (χ0n) is 15.2. The molecule has 0 radical (unpaired) electrons. The average Bonchev–Trinajstić information content (AvgIpc) is 2.48. The minimum atomic E-state index is -3.76. The van der Waals surface area contributed by atoms with E-state index in [-0.39, 0.29) is 18.1 Å². The van der Waals surface area contributed by atoms with Crippen molar-refractivity contribution in [3.8, 4) is 0 Å². The predicted molar refractivity (Wildman–Crippen MR) is 94.0 cm³/mol. The maximum absolute atomic E-state index is 11.9. The second-order valence-electron chi connectivity index (χ2n) is 6.48. The van der Waals surface area contributed by atoms with Crippen LogP contribution < -0.4 is 5.32 Å². The first kappa shape index (κ1) is 21.4. The molecule has 1 aromatic rings. The lowest BCUT2D eigenvalue weighted by atomic mass is 10.2. The van der Waals surface area contributed by atoms with Gasteiger partial charge in [-0.25, -0.2) is 4.79 Å². The number of nitrogens with one attached hydrogen (secondary N) is 1. The van der Waals surface area contributed by atoms with E-state index in [1.54, 1.807) is 32.9 Å². The first-order chi connectivity index (χ1) is 11.6. The molecule has 7 nitrogen and oxygen atoms in total. The van der Waals surface area contributed by atoms with Gasteiger partial charge in [-0.1, -0.05) is 17.7 Å². The van der Waals surface area contributed by atoms with Crippen LogP contribution in [0.4, 0.5) is 4.79 Å². The molecule has 0 aliphatic heterocycles. The highest BCUT2D eigenvalue weighted by Gasteiger charge is 2.16. The van der Waals surface area contributed by atoms with Crippen molar-refractivity contribution in [3.05, 3.63) is 29.8 Å². The number of aryl methyl sites for hydroxylation is 1. The van der Waals surface area contributed by atoms with Crippen LogP contribution in [0.2, 0.25) is 0 Å². The molecule has 0 atom stereocenters. The molecular formula is C17H27NO6S. The standard InChI is InChI=1S/C17H27NO6S/c1-14-6-8-15(9-7-14)25(20,21)23-13-12-22-11-5-10-18-16(19)24-17(2,3)4/h6-9H,5,10-13H2,1-4H3,(H,18,19). The third-order valence-electron chi connectivity index (χ3n) is 2.91. The Morgan fingerprint density at radius 2 is 1.72 bits per heavy atom. The average molecular weight is 373 g/mol. The molecule has 0 unspecified atom stereocenters. The molecule has 0 spiro atoms. The maximum atomic E-state index is 11.9. The number of amides is 1. The molecule has 0 saturated heterocycles. The summed E-state index contributed by atoms with van der Waals surface area (Å²) in [5, 5.41) is 2.61. The van der Waals surface area contributed by atoms with Crippen molar-refractivity contribution in [1.29, 1.82) is 0 Å². The van der Waals surface area contributed by atoms with E-state index >= 15 is 0 Å².